The zero-order valence-corrected chi connectivity index (χ0v) is 18.8. The van der Waals surface area contributed by atoms with Gasteiger partial charge in [0, 0.05) is 11.0 Å². The second kappa shape index (κ2) is 10.4. The van der Waals surface area contributed by atoms with Gasteiger partial charge in [-0.1, -0.05) is 64.5 Å². The number of rotatable bonds is 9. The van der Waals surface area contributed by atoms with Crippen LogP contribution in [0.15, 0.2) is 94.3 Å². The lowest BCUT2D eigenvalue weighted by Crippen LogP contribution is -2.41. The molecule has 0 aliphatic carbocycles. The van der Waals surface area contributed by atoms with Crippen molar-refractivity contribution in [2.75, 3.05) is 17.4 Å². The number of amides is 1. The van der Waals surface area contributed by atoms with Gasteiger partial charge in [-0.05, 0) is 54.8 Å². The molecule has 5 nitrogen and oxygen atoms in total. The Morgan fingerprint density at radius 1 is 0.867 bits per heavy atom. The molecule has 1 N–H and O–H groups in total. The van der Waals surface area contributed by atoms with Crippen LogP contribution in [0.3, 0.4) is 0 Å². The molecule has 1 amide bonds. The fourth-order valence-corrected chi connectivity index (χ4v) is 4.70. The molecule has 0 aromatic heterocycles. The molecule has 0 aliphatic heterocycles. The normalized spacial score (nSPS) is 11.1. The molecule has 0 spiro atoms. The van der Waals surface area contributed by atoms with Gasteiger partial charge in [0.25, 0.3) is 10.0 Å². The van der Waals surface area contributed by atoms with E-state index in [2.05, 4.69) is 21.2 Å². The maximum atomic E-state index is 13.2. The Labute approximate surface area is 185 Å². The third-order valence-corrected chi connectivity index (χ3v) is 6.86. The van der Waals surface area contributed by atoms with Crippen LogP contribution >= 0.6 is 15.9 Å². The highest BCUT2D eigenvalue weighted by Crippen LogP contribution is 2.25. The summed E-state index contributed by atoms with van der Waals surface area (Å²) in [5.41, 5.74) is 1.64. The van der Waals surface area contributed by atoms with Gasteiger partial charge in [-0.2, -0.15) is 0 Å². The van der Waals surface area contributed by atoms with Gasteiger partial charge in [0.1, 0.15) is 6.54 Å². The zero-order chi connectivity index (χ0) is 21.4. The van der Waals surface area contributed by atoms with Crippen LogP contribution in [-0.2, 0) is 21.2 Å². The number of nitrogens with one attached hydrogen (secondary N) is 1. The van der Waals surface area contributed by atoms with Crippen LogP contribution < -0.4 is 9.62 Å². The summed E-state index contributed by atoms with van der Waals surface area (Å²) in [5, 5.41) is 2.83. The third-order valence-electron chi connectivity index (χ3n) is 4.54. The van der Waals surface area contributed by atoms with E-state index in [4.69, 9.17) is 0 Å². The van der Waals surface area contributed by atoms with E-state index in [0.29, 0.717) is 12.2 Å². The van der Waals surface area contributed by atoms with Gasteiger partial charge in [0.15, 0.2) is 0 Å². The van der Waals surface area contributed by atoms with Crippen molar-refractivity contribution < 1.29 is 13.2 Å². The van der Waals surface area contributed by atoms with Crippen molar-refractivity contribution in [2.24, 2.45) is 0 Å². The molecule has 0 saturated heterocycles. The lowest BCUT2D eigenvalue weighted by atomic mass is 10.1. The number of hydrogen-bond donors (Lipinski definition) is 1. The molecule has 0 radical (unpaired) electrons. The molecule has 0 heterocycles. The van der Waals surface area contributed by atoms with Crippen molar-refractivity contribution >= 4 is 37.5 Å². The van der Waals surface area contributed by atoms with Crippen LogP contribution in [0.1, 0.15) is 12.0 Å². The van der Waals surface area contributed by atoms with Crippen molar-refractivity contribution in [1.29, 1.82) is 0 Å². The van der Waals surface area contributed by atoms with Crippen LogP contribution in [0, 0.1) is 0 Å². The van der Waals surface area contributed by atoms with Gasteiger partial charge in [0.05, 0.1) is 10.6 Å². The number of benzene rings is 3. The molecule has 0 fully saturated rings. The highest BCUT2D eigenvalue weighted by atomic mass is 79.9. The molecule has 3 aromatic carbocycles. The number of carbonyl (C=O) groups is 1. The minimum atomic E-state index is -3.88. The van der Waals surface area contributed by atoms with Gasteiger partial charge in [-0.15, -0.1) is 0 Å². The summed E-state index contributed by atoms with van der Waals surface area (Å²) in [5.74, 6) is -0.342. The topological polar surface area (TPSA) is 66.5 Å². The fraction of sp³-hybridized carbons (Fsp3) is 0.174. The van der Waals surface area contributed by atoms with E-state index in [1.54, 1.807) is 42.5 Å². The second-order valence-corrected chi connectivity index (χ2v) is 9.52. The molecular weight excluding hydrogens is 464 g/mol. The summed E-state index contributed by atoms with van der Waals surface area (Å²) in [6, 6.07) is 25.0. The Morgan fingerprint density at radius 3 is 2.10 bits per heavy atom. The van der Waals surface area contributed by atoms with Crippen LogP contribution in [0.5, 0.6) is 0 Å². The molecule has 0 atom stereocenters. The second-order valence-electron chi connectivity index (χ2n) is 6.74. The molecule has 7 heteroatoms. The molecule has 0 aliphatic rings. The molecule has 30 heavy (non-hydrogen) atoms. The standard InChI is InChI=1S/C23H23BrN2O3S/c24-20-13-15-21(16-14-20)26(30(28,29)22-11-5-2-6-12-22)18-23(27)25-17-7-10-19-8-3-1-4-9-19/h1-6,8-9,11-16H,7,10,17-18H2,(H,25,27). The van der Waals surface area contributed by atoms with Crippen molar-refractivity contribution in [3.63, 3.8) is 0 Å². The third kappa shape index (κ3) is 5.93. The van der Waals surface area contributed by atoms with Crippen LogP contribution in [0.4, 0.5) is 5.69 Å². The van der Waals surface area contributed by atoms with Crippen molar-refractivity contribution in [1.82, 2.24) is 5.32 Å². The zero-order valence-electron chi connectivity index (χ0n) is 16.4. The largest absolute Gasteiger partial charge is 0.355 e. The average molecular weight is 487 g/mol. The molecule has 0 unspecified atom stereocenters. The van der Waals surface area contributed by atoms with Gasteiger partial charge >= 0.3 is 0 Å². The Bertz CT molecular complexity index is 1060. The monoisotopic (exact) mass is 486 g/mol. The van der Waals surface area contributed by atoms with E-state index in [9.17, 15) is 13.2 Å². The summed E-state index contributed by atoms with van der Waals surface area (Å²) >= 11 is 3.35. The summed E-state index contributed by atoms with van der Waals surface area (Å²) in [7, 11) is -3.88. The van der Waals surface area contributed by atoms with Crippen molar-refractivity contribution in [2.45, 2.75) is 17.7 Å². The number of carbonyl (C=O) groups excluding carboxylic acids is 1. The van der Waals surface area contributed by atoms with E-state index >= 15 is 0 Å². The highest BCUT2D eigenvalue weighted by molar-refractivity contribution is 9.10. The lowest BCUT2D eigenvalue weighted by Gasteiger charge is -2.24. The Morgan fingerprint density at radius 2 is 1.47 bits per heavy atom. The molecule has 156 valence electrons. The first-order chi connectivity index (χ1) is 14.5. The summed E-state index contributed by atoms with van der Waals surface area (Å²) in [4.78, 5) is 12.7. The predicted molar refractivity (Wildman–Crippen MR) is 123 cm³/mol. The minimum Gasteiger partial charge on any atom is -0.355 e. The number of aryl methyl sites for hydroxylation is 1. The molecule has 3 aromatic rings. The van der Waals surface area contributed by atoms with E-state index in [0.717, 1.165) is 21.6 Å². The molecule has 0 saturated carbocycles. The SMILES string of the molecule is O=C(CN(c1ccc(Br)cc1)S(=O)(=O)c1ccccc1)NCCCc1ccccc1. The van der Waals surface area contributed by atoms with Gasteiger partial charge in [0.2, 0.25) is 5.91 Å². The van der Waals surface area contributed by atoms with Crippen molar-refractivity contribution in [3.8, 4) is 0 Å². The van der Waals surface area contributed by atoms with E-state index < -0.39 is 10.0 Å². The quantitative estimate of drug-likeness (QED) is 0.456. The number of nitrogens with zero attached hydrogens (tertiary/aromatic N) is 1. The summed E-state index contributed by atoms with van der Waals surface area (Å²) < 4.78 is 28.4. The average Bonchev–Trinajstić information content (AvgIpc) is 2.77. The van der Waals surface area contributed by atoms with Crippen LogP contribution in [0.25, 0.3) is 0 Å². The van der Waals surface area contributed by atoms with Crippen LogP contribution in [0.2, 0.25) is 0 Å². The summed E-state index contributed by atoms with van der Waals surface area (Å²) in [6.45, 7) is 0.192. The molecule has 3 rings (SSSR count). The predicted octanol–water partition coefficient (Wildman–Crippen LogP) is 4.39. The fourth-order valence-electron chi connectivity index (χ4n) is 2.99. The van der Waals surface area contributed by atoms with E-state index in [1.807, 2.05) is 30.3 Å². The molecule has 0 bridgehead atoms. The molecular formula is C23H23BrN2O3S. The Kier molecular flexibility index (Phi) is 7.65. The first-order valence-electron chi connectivity index (χ1n) is 9.61. The minimum absolute atomic E-state index is 0.143. The van der Waals surface area contributed by atoms with E-state index in [1.165, 1.54) is 17.7 Å². The first kappa shape index (κ1) is 22.1. The maximum absolute atomic E-state index is 13.2. The Balaban J connectivity index is 1.69. The maximum Gasteiger partial charge on any atom is 0.264 e. The highest BCUT2D eigenvalue weighted by Gasteiger charge is 2.26. The van der Waals surface area contributed by atoms with Gasteiger partial charge < -0.3 is 5.32 Å². The van der Waals surface area contributed by atoms with Gasteiger partial charge in [-0.3, -0.25) is 9.10 Å². The lowest BCUT2D eigenvalue weighted by molar-refractivity contribution is -0.119. The first-order valence-corrected chi connectivity index (χ1v) is 11.8. The summed E-state index contributed by atoms with van der Waals surface area (Å²) in [6.07, 6.45) is 1.62. The number of halogens is 1. The number of anilines is 1. The number of hydrogen-bond acceptors (Lipinski definition) is 3. The van der Waals surface area contributed by atoms with Crippen molar-refractivity contribution in [3.05, 3.63) is 95.0 Å². The van der Waals surface area contributed by atoms with Gasteiger partial charge in [-0.25, -0.2) is 8.42 Å². The van der Waals surface area contributed by atoms with Crippen LogP contribution in [-0.4, -0.2) is 27.4 Å². The number of sulfonamides is 1. The Hall–Kier alpha value is -2.64. The smallest absolute Gasteiger partial charge is 0.264 e. The van der Waals surface area contributed by atoms with E-state index in [-0.39, 0.29) is 17.3 Å².